The molecule has 9 nitrogen and oxygen atoms in total. The van der Waals surface area contributed by atoms with E-state index in [1.165, 1.54) is 12.1 Å². The molecule has 0 saturated carbocycles. The number of aliphatic hydroxyl groups excluding tert-OH is 1. The Hall–Kier alpha value is -3.53. The van der Waals surface area contributed by atoms with Gasteiger partial charge in [-0.05, 0) is 24.1 Å². The van der Waals surface area contributed by atoms with Gasteiger partial charge in [0.05, 0.1) is 17.5 Å². The second-order valence-corrected chi connectivity index (χ2v) is 6.34. The number of aromatic amines is 3. The molecule has 4 N–H and O–H groups in total. The topological polar surface area (TPSA) is 132 Å². The van der Waals surface area contributed by atoms with Crippen molar-refractivity contribution in [3.63, 3.8) is 0 Å². The van der Waals surface area contributed by atoms with Crippen molar-refractivity contribution in [1.82, 2.24) is 29.7 Å². The number of nitrogens with zero attached hydrogens (tertiary/aromatic N) is 3. The molecule has 3 heterocycles. The van der Waals surface area contributed by atoms with Gasteiger partial charge in [0.15, 0.2) is 11.2 Å². The van der Waals surface area contributed by atoms with Crippen LogP contribution in [0.5, 0.6) is 0 Å². The third-order valence-corrected chi connectivity index (χ3v) is 4.41. The van der Waals surface area contributed by atoms with Crippen molar-refractivity contribution in [2.45, 2.75) is 19.4 Å². The maximum atomic E-state index is 13.5. The third kappa shape index (κ3) is 3.25. The van der Waals surface area contributed by atoms with Crippen molar-refractivity contribution >= 4 is 11.2 Å². The highest BCUT2D eigenvalue weighted by Crippen LogP contribution is 2.26. The lowest BCUT2D eigenvalue weighted by Gasteiger charge is -2.08. The van der Waals surface area contributed by atoms with Crippen LogP contribution in [-0.2, 0) is 13.0 Å². The Bertz CT molecular complexity index is 1250. The van der Waals surface area contributed by atoms with Gasteiger partial charge in [-0.3, -0.25) is 19.9 Å². The number of aryl methyl sites for hydroxylation is 1. The maximum Gasteiger partial charge on any atom is 0.327 e. The molecule has 0 radical (unpaired) electrons. The molecule has 4 aromatic rings. The van der Waals surface area contributed by atoms with Gasteiger partial charge < -0.3 is 9.67 Å². The van der Waals surface area contributed by atoms with E-state index in [-0.39, 0.29) is 23.6 Å². The lowest BCUT2D eigenvalue weighted by molar-refractivity contribution is 0.280. The minimum Gasteiger partial charge on any atom is -0.396 e. The molecule has 0 bridgehead atoms. The standard InChI is InChI=1S/C18H17FN6O3/c19-11-4-1-3-10(7-11)8-13-12(9-20-24-13)16-21-15-14(25(16)5-2-6-26)17(27)23-18(28)22-15/h1,3-4,7,9,26H,2,5-6,8H2,(H,20,24)(H2,22,23,27,28). The first-order valence-electron chi connectivity index (χ1n) is 8.67. The van der Waals surface area contributed by atoms with E-state index in [4.69, 9.17) is 0 Å². The van der Waals surface area contributed by atoms with E-state index >= 15 is 0 Å². The maximum absolute atomic E-state index is 13.5. The first-order chi connectivity index (χ1) is 13.6. The molecule has 28 heavy (non-hydrogen) atoms. The molecule has 0 aliphatic carbocycles. The summed E-state index contributed by atoms with van der Waals surface area (Å²) >= 11 is 0. The van der Waals surface area contributed by atoms with Gasteiger partial charge >= 0.3 is 5.69 Å². The summed E-state index contributed by atoms with van der Waals surface area (Å²) in [5.41, 5.74) is 1.20. The minimum absolute atomic E-state index is 0.0676. The fraction of sp³-hybridized carbons (Fsp3) is 0.222. The first-order valence-corrected chi connectivity index (χ1v) is 8.67. The van der Waals surface area contributed by atoms with Crippen LogP contribution in [-0.4, -0.2) is 41.4 Å². The van der Waals surface area contributed by atoms with Crippen LogP contribution in [0.4, 0.5) is 4.39 Å². The zero-order valence-electron chi connectivity index (χ0n) is 14.7. The Morgan fingerprint density at radius 2 is 2.07 bits per heavy atom. The van der Waals surface area contributed by atoms with Crippen LogP contribution >= 0.6 is 0 Å². The number of hydrogen-bond acceptors (Lipinski definition) is 5. The van der Waals surface area contributed by atoms with Crippen LogP contribution < -0.4 is 11.2 Å². The van der Waals surface area contributed by atoms with Gasteiger partial charge in [-0.1, -0.05) is 12.1 Å². The normalized spacial score (nSPS) is 11.4. The zero-order chi connectivity index (χ0) is 19.7. The highest BCUT2D eigenvalue weighted by atomic mass is 19.1. The fourth-order valence-electron chi connectivity index (χ4n) is 3.21. The summed E-state index contributed by atoms with van der Waals surface area (Å²) in [6, 6.07) is 6.22. The van der Waals surface area contributed by atoms with Crippen molar-refractivity contribution in [3.05, 3.63) is 68.4 Å². The fourth-order valence-corrected chi connectivity index (χ4v) is 3.21. The van der Waals surface area contributed by atoms with Crippen LogP contribution in [0.15, 0.2) is 40.1 Å². The largest absolute Gasteiger partial charge is 0.396 e. The lowest BCUT2D eigenvalue weighted by atomic mass is 10.1. The van der Waals surface area contributed by atoms with Crippen LogP contribution in [0.2, 0.25) is 0 Å². The van der Waals surface area contributed by atoms with Crippen molar-refractivity contribution < 1.29 is 9.50 Å². The van der Waals surface area contributed by atoms with E-state index in [0.717, 1.165) is 5.56 Å². The van der Waals surface area contributed by atoms with Gasteiger partial charge in [0.25, 0.3) is 5.56 Å². The second-order valence-electron chi connectivity index (χ2n) is 6.34. The molecule has 3 aromatic heterocycles. The van der Waals surface area contributed by atoms with Gasteiger partial charge in [-0.2, -0.15) is 5.10 Å². The first kappa shape index (κ1) is 17.9. The lowest BCUT2D eigenvalue weighted by Crippen LogP contribution is -2.23. The molecule has 0 atom stereocenters. The molecule has 0 aliphatic rings. The summed E-state index contributed by atoms with van der Waals surface area (Å²) < 4.78 is 15.1. The summed E-state index contributed by atoms with van der Waals surface area (Å²) in [6.45, 7) is 0.254. The van der Waals surface area contributed by atoms with Gasteiger partial charge in [-0.25, -0.2) is 14.2 Å². The highest BCUT2D eigenvalue weighted by molar-refractivity contribution is 5.76. The molecular weight excluding hydrogens is 367 g/mol. The molecule has 144 valence electrons. The Balaban J connectivity index is 1.85. The number of aromatic nitrogens is 6. The monoisotopic (exact) mass is 384 g/mol. The van der Waals surface area contributed by atoms with E-state index in [1.807, 2.05) is 0 Å². The minimum atomic E-state index is -0.650. The predicted octanol–water partition coefficient (Wildman–Crippen LogP) is 0.915. The van der Waals surface area contributed by atoms with Crippen molar-refractivity contribution in [3.8, 4) is 11.4 Å². The smallest absolute Gasteiger partial charge is 0.327 e. The predicted molar refractivity (Wildman–Crippen MR) is 99.5 cm³/mol. The van der Waals surface area contributed by atoms with Gasteiger partial charge in [-0.15, -0.1) is 0 Å². The summed E-state index contributed by atoms with van der Waals surface area (Å²) in [6.07, 6.45) is 2.34. The van der Waals surface area contributed by atoms with E-state index in [9.17, 15) is 19.1 Å². The number of halogens is 1. The van der Waals surface area contributed by atoms with Crippen molar-refractivity contribution in [1.29, 1.82) is 0 Å². The molecular formula is C18H17FN6O3. The Morgan fingerprint density at radius 3 is 2.86 bits per heavy atom. The quantitative estimate of drug-likeness (QED) is 0.392. The van der Waals surface area contributed by atoms with E-state index in [1.54, 1.807) is 22.9 Å². The third-order valence-electron chi connectivity index (χ3n) is 4.41. The number of benzene rings is 1. The summed E-state index contributed by atoms with van der Waals surface area (Å²) in [7, 11) is 0. The molecule has 1 aromatic carbocycles. The van der Waals surface area contributed by atoms with Crippen LogP contribution in [0.1, 0.15) is 17.7 Å². The Morgan fingerprint density at radius 1 is 1.21 bits per heavy atom. The summed E-state index contributed by atoms with van der Waals surface area (Å²) in [4.78, 5) is 33.1. The van der Waals surface area contributed by atoms with Crippen LogP contribution in [0, 0.1) is 5.82 Å². The number of imidazole rings is 1. The molecule has 0 spiro atoms. The number of H-pyrrole nitrogens is 3. The molecule has 0 amide bonds. The van der Waals surface area contributed by atoms with Crippen LogP contribution in [0.3, 0.4) is 0 Å². The number of nitrogens with one attached hydrogen (secondary N) is 3. The van der Waals surface area contributed by atoms with Crippen molar-refractivity contribution in [2.75, 3.05) is 6.61 Å². The Kier molecular flexibility index (Phi) is 4.62. The second kappa shape index (κ2) is 7.24. The number of rotatable bonds is 6. The molecule has 0 saturated heterocycles. The molecule has 0 aliphatic heterocycles. The average molecular weight is 384 g/mol. The summed E-state index contributed by atoms with van der Waals surface area (Å²) in [5.74, 6) is 0.0915. The average Bonchev–Trinajstić information content (AvgIpc) is 3.24. The highest BCUT2D eigenvalue weighted by Gasteiger charge is 2.20. The van der Waals surface area contributed by atoms with E-state index in [2.05, 4.69) is 25.1 Å². The number of aliphatic hydroxyl groups is 1. The van der Waals surface area contributed by atoms with E-state index in [0.29, 0.717) is 36.5 Å². The van der Waals surface area contributed by atoms with Crippen LogP contribution in [0.25, 0.3) is 22.6 Å². The number of fused-ring (bicyclic) bond motifs is 1. The van der Waals surface area contributed by atoms with Gasteiger partial charge in [0.2, 0.25) is 0 Å². The molecule has 4 rings (SSSR count). The molecule has 10 heteroatoms. The number of hydrogen-bond donors (Lipinski definition) is 4. The zero-order valence-corrected chi connectivity index (χ0v) is 14.7. The molecule has 0 fully saturated rings. The van der Waals surface area contributed by atoms with E-state index < -0.39 is 11.2 Å². The Labute approximate surface area is 156 Å². The van der Waals surface area contributed by atoms with Gasteiger partial charge in [0.1, 0.15) is 11.6 Å². The molecule has 0 unspecified atom stereocenters. The van der Waals surface area contributed by atoms with Crippen molar-refractivity contribution in [2.24, 2.45) is 0 Å². The SMILES string of the molecule is O=c1[nH]c(=O)c2c(nc(-c3cn[nH]c3Cc3cccc(F)c3)n2CCCO)[nH]1. The summed E-state index contributed by atoms with van der Waals surface area (Å²) in [5, 5.41) is 16.2. The van der Waals surface area contributed by atoms with Gasteiger partial charge in [0, 0.05) is 19.6 Å².